The number of halogens is 1. The molecule has 0 aliphatic carbocycles. The van der Waals surface area contributed by atoms with Gasteiger partial charge < -0.3 is 9.84 Å². The van der Waals surface area contributed by atoms with Gasteiger partial charge in [-0.25, -0.2) is 0 Å². The lowest BCUT2D eigenvalue weighted by molar-refractivity contribution is 0.0339. The van der Waals surface area contributed by atoms with Crippen molar-refractivity contribution < 1.29 is 9.84 Å². The van der Waals surface area contributed by atoms with Crippen molar-refractivity contribution in [2.45, 2.75) is 6.54 Å². The summed E-state index contributed by atoms with van der Waals surface area (Å²) in [6.45, 7) is 3.99. The highest BCUT2D eigenvalue weighted by molar-refractivity contribution is 6.31. The van der Waals surface area contributed by atoms with E-state index in [4.69, 9.17) is 16.3 Å². The van der Waals surface area contributed by atoms with Gasteiger partial charge in [0.1, 0.15) is 5.75 Å². The third-order valence-electron chi connectivity index (χ3n) is 2.58. The highest BCUT2D eigenvalue weighted by Crippen LogP contribution is 2.26. The molecule has 0 atom stereocenters. The highest BCUT2D eigenvalue weighted by Gasteiger charge is 2.14. The van der Waals surface area contributed by atoms with Gasteiger partial charge in [-0.15, -0.1) is 0 Å². The Bertz CT molecular complexity index is 317. The molecule has 4 heteroatoms. The Morgan fingerprint density at radius 1 is 1.33 bits per heavy atom. The summed E-state index contributed by atoms with van der Waals surface area (Å²) in [6.07, 6.45) is 0. The van der Waals surface area contributed by atoms with Gasteiger partial charge in [0.05, 0.1) is 13.2 Å². The van der Waals surface area contributed by atoms with Gasteiger partial charge in [0.15, 0.2) is 0 Å². The smallest absolute Gasteiger partial charge is 0.121 e. The zero-order chi connectivity index (χ0) is 10.7. The SMILES string of the molecule is Oc1cccc(Cl)c1CN1CCOCC1. The van der Waals surface area contributed by atoms with Crippen LogP contribution in [0.15, 0.2) is 18.2 Å². The summed E-state index contributed by atoms with van der Waals surface area (Å²) in [6, 6.07) is 5.22. The molecule has 0 unspecified atom stereocenters. The van der Waals surface area contributed by atoms with Gasteiger partial charge in [-0.3, -0.25) is 4.90 Å². The molecule has 1 aromatic rings. The van der Waals surface area contributed by atoms with E-state index in [1.807, 2.05) is 0 Å². The van der Waals surface area contributed by atoms with Crippen LogP contribution in [0.2, 0.25) is 5.02 Å². The van der Waals surface area contributed by atoms with Crippen LogP contribution < -0.4 is 0 Å². The fourth-order valence-corrected chi connectivity index (χ4v) is 1.92. The average Bonchev–Trinajstić information content (AvgIpc) is 2.25. The van der Waals surface area contributed by atoms with Crippen LogP contribution >= 0.6 is 11.6 Å². The summed E-state index contributed by atoms with van der Waals surface area (Å²) in [5, 5.41) is 10.3. The Balaban J connectivity index is 2.09. The predicted octanol–water partition coefficient (Wildman–Crippen LogP) is 1.88. The molecule has 0 spiro atoms. The van der Waals surface area contributed by atoms with Gasteiger partial charge in [-0.05, 0) is 12.1 Å². The Morgan fingerprint density at radius 2 is 2.07 bits per heavy atom. The van der Waals surface area contributed by atoms with Crippen molar-refractivity contribution in [3.05, 3.63) is 28.8 Å². The van der Waals surface area contributed by atoms with Crippen molar-refractivity contribution in [1.29, 1.82) is 0 Å². The van der Waals surface area contributed by atoms with Crippen LogP contribution in [0, 0.1) is 0 Å². The topological polar surface area (TPSA) is 32.7 Å². The monoisotopic (exact) mass is 227 g/mol. The Kier molecular flexibility index (Phi) is 3.46. The first kappa shape index (κ1) is 10.7. The second-order valence-corrected chi connectivity index (χ2v) is 4.03. The molecule has 0 bridgehead atoms. The number of morpholine rings is 1. The Morgan fingerprint density at radius 3 is 2.73 bits per heavy atom. The first-order valence-corrected chi connectivity index (χ1v) is 5.41. The van der Waals surface area contributed by atoms with Crippen molar-refractivity contribution in [2.24, 2.45) is 0 Å². The zero-order valence-corrected chi connectivity index (χ0v) is 9.20. The first-order chi connectivity index (χ1) is 7.27. The van der Waals surface area contributed by atoms with E-state index < -0.39 is 0 Å². The third kappa shape index (κ3) is 2.62. The summed E-state index contributed by atoms with van der Waals surface area (Å²) < 4.78 is 5.26. The number of hydrogen-bond donors (Lipinski definition) is 1. The van der Waals surface area contributed by atoms with Gasteiger partial charge in [-0.2, -0.15) is 0 Å². The van der Waals surface area contributed by atoms with Gasteiger partial charge in [0.25, 0.3) is 0 Å². The number of phenols is 1. The number of ether oxygens (including phenoxy) is 1. The van der Waals surface area contributed by atoms with Crippen LogP contribution in [0.5, 0.6) is 5.75 Å². The van der Waals surface area contributed by atoms with Crippen molar-refractivity contribution in [1.82, 2.24) is 4.90 Å². The molecule has 1 aliphatic rings. The van der Waals surface area contributed by atoms with Gasteiger partial charge in [0, 0.05) is 30.2 Å². The van der Waals surface area contributed by atoms with E-state index in [9.17, 15) is 5.11 Å². The van der Waals surface area contributed by atoms with Crippen LogP contribution in [-0.2, 0) is 11.3 Å². The van der Waals surface area contributed by atoms with Gasteiger partial charge in [-0.1, -0.05) is 17.7 Å². The molecule has 0 amide bonds. The van der Waals surface area contributed by atoms with E-state index in [0.717, 1.165) is 31.9 Å². The summed E-state index contributed by atoms with van der Waals surface area (Å²) in [5.41, 5.74) is 0.807. The summed E-state index contributed by atoms with van der Waals surface area (Å²) in [4.78, 5) is 2.23. The molecule has 82 valence electrons. The first-order valence-electron chi connectivity index (χ1n) is 5.04. The minimum atomic E-state index is 0.272. The van der Waals surface area contributed by atoms with Crippen molar-refractivity contribution in [3.8, 4) is 5.75 Å². The summed E-state index contributed by atoms with van der Waals surface area (Å²) >= 11 is 6.03. The number of hydrogen-bond acceptors (Lipinski definition) is 3. The normalized spacial score (nSPS) is 17.9. The third-order valence-corrected chi connectivity index (χ3v) is 2.93. The number of benzene rings is 1. The molecule has 1 aliphatic heterocycles. The highest BCUT2D eigenvalue weighted by atomic mass is 35.5. The Labute approximate surface area is 94.2 Å². The lowest BCUT2D eigenvalue weighted by Gasteiger charge is -2.27. The maximum absolute atomic E-state index is 9.68. The van der Waals surface area contributed by atoms with E-state index in [0.29, 0.717) is 11.6 Å². The molecule has 3 nitrogen and oxygen atoms in total. The second-order valence-electron chi connectivity index (χ2n) is 3.63. The van der Waals surface area contributed by atoms with Crippen molar-refractivity contribution in [3.63, 3.8) is 0 Å². The minimum absolute atomic E-state index is 0.272. The van der Waals surface area contributed by atoms with Crippen LogP contribution in [0.3, 0.4) is 0 Å². The number of nitrogens with zero attached hydrogens (tertiary/aromatic N) is 1. The lowest BCUT2D eigenvalue weighted by Crippen LogP contribution is -2.35. The predicted molar refractivity (Wildman–Crippen MR) is 59.2 cm³/mol. The molecule has 1 aromatic carbocycles. The number of rotatable bonds is 2. The summed E-state index contributed by atoms with van der Waals surface area (Å²) in [5.74, 6) is 0.272. The second kappa shape index (κ2) is 4.84. The molecule has 1 saturated heterocycles. The van der Waals surface area contributed by atoms with Gasteiger partial charge >= 0.3 is 0 Å². The van der Waals surface area contributed by atoms with E-state index in [2.05, 4.69) is 4.90 Å². The largest absolute Gasteiger partial charge is 0.508 e. The molecule has 2 rings (SSSR count). The zero-order valence-electron chi connectivity index (χ0n) is 8.45. The standard InChI is InChI=1S/C11H14ClNO2/c12-10-2-1-3-11(14)9(10)8-13-4-6-15-7-5-13/h1-3,14H,4-8H2. The fraction of sp³-hybridized carbons (Fsp3) is 0.455. The van der Waals surface area contributed by atoms with Crippen molar-refractivity contribution >= 4 is 11.6 Å². The molecule has 0 radical (unpaired) electrons. The van der Waals surface area contributed by atoms with Crippen molar-refractivity contribution in [2.75, 3.05) is 26.3 Å². The quantitative estimate of drug-likeness (QED) is 0.838. The molecule has 0 aromatic heterocycles. The maximum Gasteiger partial charge on any atom is 0.121 e. The molecule has 1 fully saturated rings. The molecule has 0 saturated carbocycles. The van der Waals surface area contributed by atoms with Gasteiger partial charge in [0.2, 0.25) is 0 Å². The molecule has 1 heterocycles. The van der Waals surface area contributed by atoms with Crippen LogP contribution in [-0.4, -0.2) is 36.3 Å². The van der Waals surface area contributed by atoms with Crippen LogP contribution in [0.4, 0.5) is 0 Å². The fourth-order valence-electron chi connectivity index (χ4n) is 1.69. The number of aromatic hydroxyl groups is 1. The molecule has 15 heavy (non-hydrogen) atoms. The molecule has 1 N–H and O–H groups in total. The minimum Gasteiger partial charge on any atom is -0.508 e. The molecular weight excluding hydrogens is 214 g/mol. The average molecular weight is 228 g/mol. The van der Waals surface area contributed by atoms with E-state index in [-0.39, 0.29) is 5.75 Å². The number of phenolic OH excluding ortho intramolecular Hbond substituents is 1. The van der Waals surface area contributed by atoms with E-state index >= 15 is 0 Å². The lowest BCUT2D eigenvalue weighted by atomic mass is 10.2. The van der Waals surface area contributed by atoms with E-state index in [1.54, 1.807) is 18.2 Å². The van der Waals surface area contributed by atoms with E-state index in [1.165, 1.54) is 0 Å². The van der Waals surface area contributed by atoms with Crippen LogP contribution in [0.1, 0.15) is 5.56 Å². The summed E-state index contributed by atoms with van der Waals surface area (Å²) in [7, 11) is 0. The maximum atomic E-state index is 9.68. The molecular formula is C11H14ClNO2. The van der Waals surface area contributed by atoms with Crippen LogP contribution in [0.25, 0.3) is 0 Å². The Hall–Kier alpha value is -0.770.